The lowest BCUT2D eigenvalue weighted by molar-refractivity contribution is 0.187. The Morgan fingerprint density at radius 2 is 1.79 bits per heavy atom. The zero-order valence-electron chi connectivity index (χ0n) is 8.16. The van der Waals surface area contributed by atoms with Crippen LogP contribution in [-0.2, 0) is 9.47 Å². The first-order valence-corrected chi connectivity index (χ1v) is 5.21. The molecule has 0 aliphatic carbocycles. The predicted octanol–water partition coefficient (Wildman–Crippen LogP) is 2.92. The molecule has 0 unspecified atom stereocenters. The molecule has 1 fully saturated rings. The zero-order valence-corrected chi connectivity index (χ0v) is 10.4. The Morgan fingerprint density at radius 1 is 1.36 bits per heavy atom. The monoisotopic (exact) mass is 259 g/mol. The van der Waals surface area contributed by atoms with E-state index in [2.05, 4.69) is 0 Å². The van der Waals surface area contributed by atoms with E-state index in [0.717, 1.165) is 0 Å². The van der Waals surface area contributed by atoms with Crippen LogP contribution in [0.5, 0.6) is 0 Å². The Labute approximate surface area is 98.1 Å². The molecule has 1 rings (SSSR count). The van der Waals surface area contributed by atoms with Crippen molar-refractivity contribution in [3.05, 3.63) is 0 Å². The first kappa shape index (κ1) is 12.4. The molecule has 1 saturated heterocycles. The van der Waals surface area contributed by atoms with Crippen molar-refractivity contribution in [1.82, 2.24) is 0 Å². The molecule has 6 heteroatoms. The molecule has 0 aromatic carbocycles. The highest BCUT2D eigenvalue weighted by Gasteiger charge is 2.61. The van der Waals surface area contributed by atoms with Gasteiger partial charge < -0.3 is 9.47 Å². The Morgan fingerprint density at radius 3 is 2.07 bits per heavy atom. The van der Waals surface area contributed by atoms with Crippen LogP contribution in [0.4, 0.5) is 0 Å². The van der Waals surface area contributed by atoms with Crippen LogP contribution in [0.1, 0.15) is 20.8 Å². The minimum Gasteiger partial charge on any atom is -0.475 e. The summed E-state index contributed by atoms with van der Waals surface area (Å²) in [5.41, 5.74) is -0.629. The maximum absolute atomic E-state index is 7.30. The number of hydrogen-bond acceptors (Lipinski definition) is 3. The van der Waals surface area contributed by atoms with E-state index in [1.165, 1.54) is 0 Å². The third-order valence-electron chi connectivity index (χ3n) is 2.46. The molecule has 0 aromatic heterocycles. The van der Waals surface area contributed by atoms with E-state index in [-0.39, 0.29) is 18.1 Å². The molecule has 0 aromatic rings. The van der Waals surface area contributed by atoms with Crippen molar-refractivity contribution in [2.24, 2.45) is 0 Å². The molecule has 1 N–H and O–H groups in total. The molecule has 1 aliphatic heterocycles. The van der Waals surface area contributed by atoms with Gasteiger partial charge in [0.05, 0.1) is 5.60 Å². The number of epoxide rings is 1. The Balaban J connectivity index is 2.40. The van der Waals surface area contributed by atoms with Gasteiger partial charge >= 0.3 is 0 Å². The van der Waals surface area contributed by atoms with Crippen LogP contribution >= 0.6 is 34.8 Å². The first-order chi connectivity index (χ1) is 6.08. The second kappa shape index (κ2) is 3.41. The largest absolute Gasteiger partial charge is 0.475 e. The summed E-state index contributed by atoms with van der Waals surface area (Å²) >= 11 is 16.3. The third kappa shape index (κ3) is 2.45. The van der Waals surface area contributed by atoms with Crippen molar-refractivity contribution in [2.75, 3.05) is 6.61 Å². The van der Waals surface area contributed by atoms with Gasteiger partial charge in [0.15, 0.2) is 0 Å². The van der Waals surface area contributed by atoms with E-state index in [9.17, 15) is 0 Å². The fourth-order valence-corrected chi connectivity index (χ4v) is 1.20. The highest BCUT2D eigenvalue weighted by atomic mass is 35.6. The number of nitrogens with one attached hydrogen (secondary N) is 1. The van der Waals surface area contributed by atoms with Gasteiger partial charge in [0.1, 0.15) is 12.2 Å². The molecule has 1 aliphatic rings. The predicted molar refractivity (Wildman–Crippen MR) is 57.5 cm³/mol. The molecular formula is C8H12Cl3NO2. The number of alkyl halides is 3. The quantitative estimate of drug-likeness (QED) is 0.359. The normalized spacial score (nSPS) is 29.9. The van der Waals surface area contributed by atoms with Gasteiger partial charge in [-0.3, -0.25) is 5.41 Å². The summed E-state index contributed by atoms with van der Waals surface area (Å²) < 4.78 is 8.64. The van der Waals surface area contributed by atoms with Gasteiger partial charge in [-0.2, -0.15) is 0 Å². The fourth-order valence-electron chi connectivity index (χ4n) is 1.03. The molecule has 0 amide bonds. The molecule has 0 bridgehead atoms. The fraction of sp³-hybridized carbons (Fsp3) is 0.875. The van der Waals surface area contributed by atoms with E-state index in [1.54, 1.807) is 0 Å². The van der Waals surface area contributed by atoms with Crippen LogP contribution in [0, 0.1) is 5.41 Å². The first-order valence-electron chi connectivity index (χ1n) is 4.07. The van der Waals surface area contributed by atoms with Crippen LogP contribution in [-0.4, -0.2) is 27.5 Å². The van der Waals surface area contributed by atoms with Crippen molar-refractivity contribution in [1.29, 1.82) is 5.41 Å². The van der Waals surface area contributed by atoms with Gasteiger partial charge in [0.2, 0.25) is 5.90 Å². The number of rotatable bonds is 2. The highest BCUT2D eigenvalue weighted by Crippen LogP contribution is 2.47. The summed E-state index contributed by atoms with van der Waals surface area (Å²) in [6.45, 7) is 5.98. The lowest BCUT2D eigenvalue weighted by Gasteiger charge is -2.16. The van der Waals surface area contributed by atoms with Crippen molar-refractivity contribution < 1.29 is 9.47 Å². The van der Waals surface area contributed by atoms with E-state index in [4.69, 9.17) is 49.7 Å². The second-order valence-corrected chi connectivity index (χ2v) is 6.24. The van der Waals surface area contributed by atoms with Gasteiger partial charge in [0, 0.05) is 0 Å². The lowest BCUT2D eigenvalue weighted by atomic mass is 9.99. The summed E-state index contributed by atoms with van der Waals surface area (Å²) in [5, 5.41) is 7.30. The standard InChI is InChI=1S/C8H12Cl3NO2/c1-6(2)7(3,14-6)4-13-5(12)8(9,10)11/h12H,4H2,1-3H3/t7-/m1/s1. The summed E-state index contributed by atoms with van der Waals surface area (Å²) in [5.74, 6) is -0.380. The third-order valence-corrected chi connectivity index (χ3v) is 2.98. The minimum atomic E-state index is -1.80. The van der Waals surface area contributed by atoms with Gasteiger partial charge in [-0.15, -0.1) is 0 Å². The Hall–Kier alpha value is 0.300. The topological polar surface area (TPSA) is 45.6 Å². The number of ether oxygens (including phenoxy) is 2. The van der Waals surface area contributed by atoms with Gasteiger partial charge in [0.25, 0.3) is 3.79 Å². The van der Waals surface area contributed by atoms with Crippen LogP contribution in [0.3, 0.4) is 0 Å². The highest BCUT2D eigenvalue weighted by molar-refractivity contribution is 6.76. The maximum Gasteiger partial charge on any atom is 0.265 e. The summed E-state index contributed by atoms with van der Waals surface area (Å²) in [6, 6.07) is 0. The Kier molecular flexibility index (Phi) is 3.01. The molecule has 14 heavy (non-hydrogen) atoms. The zero-order chi connectivity index (χ0) is 11.2. The average molecular weight is 261 g/mol. The van der Waals surface area contributed by atoms with Crippen LogP contribution < -0.4 is 0 Å². The van der Waals surface area contributed by atoms with Gasteiger partial charge in [-0.25, -0.2) is 0 Å². The maximum atomic E-state index is 7.30. The molecule has 0 saturated carbocycles. The molecule has 0 radical (unpaired) electrons. The van der Waals surface area contributed by atoms with Crippen molar-refractivity contribution in [3.63, 3.8) is 0 Å². The summed E-state index contributed by atoms with van der Waals surface area (Å²) in [4.78, 5) is 0. The number of hydrogen-bond donors (Lipinski definition) is 1. The minimum absolute atomic E-state index is 0.215. The van der Waals surface area contributed by atoms with Crippen molar-refractivity contribution in [3.8, 4) is 0 Å². The molecular weight excluding hydrogens is 248 g/mol. The lowest BCUT2D eigenvalue weighted by Crippen LogP contribution is -2.29. The van der Waals surface area contributed by atoms with Crippen LogP contribution in [0.15, 0.2) is 0 Å². The average Bonchev–Trinajstić information content (AvgIpc) is 2.45. The van der Waals surface area contributed by atoms with E-state index >= 15 is 0 Å². The molecule has 1 atom stereocenters. The van der Waals surface area contributed by atoms with Crippen molar-refractivity contribution in [2.45, 2.75) is 35.8 Å². The molecule has 0 spiro atoms. The molecule has 1 heterocycles. The number of halogens is 3. The molecule has 82 valence electrons. The summed E-state index contributed by atoms with van der Waals surface area (Å²) in [7, 11) is 0. The van der Waals surface area contributed by atoms with Crippen LogP contribution in [0.2, 0.25) is 0 Å². The van der Waals surface area contributed by atoms with Gasteiger partial charge in [-0.1, -0.05) is 34.8 Å². The SMILES string of the molecule is CC1(C)O[C@]1(C)COC(=N)C(Cl)(Cl)Cl. The van der Waals surface area contributed by atoms with Gasteiger partial charge in [-0.05, 0) is 20.8 Å². The van der Waals surface area contributed by atoms with E-state index < -0.39 is 9.39 Å². The Bertz CT molecular complexity index is 262. The van der Waals surface area contributed by atoms with Crippen molar-refractivity contribution >= 4 is 40.7 Å². The van der Waals surface area contributed by atoms with Crippen LogP contribution in [0.25, 0.3) is 0 Å². The molecule has 3 nitrogen and oxygen atoms in total. The smallest absolute Gasteiger partial charge is 0.265 e. The van der Waals surface area contributed by atoms with E-state index in [0.29, 0.717) is 0 Å². The second-order valence-electron chi connectivity index (χ2n) is 3.96. The van der Waals surface area contributed by atoms with E-state index in [1.807, 2.05) is 20.8 Å². The summed E-state index contributed by atoms with van der Waals surface area (Å²) in [6.07, 6.45) is 0.